The second kappa shape index (κ2) is 8.69. The predicted octanol–water partition coefficient (Wildman–Crippen LogP) is 2.77. The van der Waals surface area contributed by atoms with Gasteiger partial charge in [0.2, 0.25) is 0 Å². The summed E-state index contributed by atoms with van der Waals surface area (Å²) in [5.74, 6) is -1.39. The SMILES string of the molecule is O=C(O)c1cn(C/C=C2/CN(C(C(=O)C3CC3)c3ccccc3F)CCC2S)nn1. The summed E-state index contributed by atoms with van der Waals surface area (Å²) in [7, 11) is 0. The molecule has 2 heterocycles. The molecule has 1 aliphatic heterocycles. The van der Waals surface area contributed by atoms with Crippen LogP contribution in [-0.4, -0.2) is 55.1 Å². The molecule has 2 unspecified atom stereocenters. The highest BCUT2D eigenvalue weighted by atomic mass is 32.1. The van der Waals surface area contributed by atoms with Gasteiger partial charge in [0.1, 0.15) is 5.82 Å². The highest BCUT2D eigenvalue weighted by Crippen LogP contribution is 2.39. The van der Waals surface area contributed by atoms with Crippen LogP contribution >= 0.6 is 12.6 Å². The van der Waals surface area contributed by atoms with E-state index >= 15 is 0 Å². The Morgan fingerprint density at radius 1 is 1.30 bits per heavy atom. The molecule has 0 bridgehead atoms. The molecule has 7 nitrogen and oxygen atoms in total. The Morgan fingerprint density at radius 3 is 2.73 bits per heavy atom. The smallest absolute Gasteiger partial charge is 0.358 e. The summed E-state index contributed by atoms with van der Waals surface area (Å²) < 4.78 is 16.0. The zero-order valence-electron chi connectivity index (χ0n) is 16.3. The number of nitrogens with zero attached hydrogens (tertiary/aromatic N) is 4. The fourth-order valence-electron chi connectivity index (χ4n) is 3.83. The first-order valence-corrected chi connectivity index (χ1v) is 10.5. The van der Waals surface area contributed by atoms with Crippen molar-refractivity contribution in [3.63, 3.8) is 0 Å². The van der Waals surface area contributed by atoms with Crippen LogP contribution in [0.3, 0.4) is 0 Å². The van der Waals surface area contributed by atoms with Gasteiger partial charge in [-0.2, -0.15) is 12.6 Å². The van der Waals surface area contributed by atoms with Crippen molar-refractivity contribution in [2.45, 2.75) is 37.1 Å². The number of carboxylic acid groups (broad SMARTS) is 1. The van der Waals surface area contributed by atoms with Crippen LogP contribution in [0.5, 0.6) is 0 Å². The van der Waals surface area contributed by atoms with E-state index in [1.165, 1.54) is 16.9 Å². The molecular formula is C21H23FN4O3S. The Kier molecular flexibility index (Phi) is 6.01. The van der Waals surface area contributed by atoms with Gasteiger partial charge in [0.15, 0.2) is 11.5 Å². The van der Waals surface area contributed by atoms with Crippen molar-refractivity contribution >= 4 is 24.4 Å². The third-order valence-corrected chi connectivity index (χ3v) is 6.21. The quantitative estimate of drug-likeness (QED) is 0.519. The molecule has 2 aliphatic rings. The molecule has 158 valence electrons. The number of Topliss-reactive ketones (excluding diaryl/α,β-unsaturated/α-hetero) is 1. The van der Waals surface area contributed by atoms with Gasteiger partial charge in [-0.3, -0.25) is 9.69 Å². The molecule has 0 amide bonds. The fraction of sp³-hybridized carbons (Fsp3) is 0.429. The maximum atomic E-state index is 14.6. The summed E-state index contributed by atoms with van der Waals surface area (Å²) in [5.41, 5.74) is 1.31. The number of piperidine rings is 1. The Labute approximate surface area is 179 Å². The summed E-state index contributed by atoms with van der Waals surface area (Å²) in [6.07, 6.45) is 5.77. The topological polar surface area (TPSA) is 88.3 Å². The number of aromatic carboxylic acids is 1. The van der Waals surface area contributed by atoms with Crippen LogP contribution in [0, 0.1) is 11.7 Å². The molecule has 2 fully saturated rings. The fourth-order valence-corrected chi connectivity index (χ4v) is 4.13. The Morgan fingerprint density at radius 2 is 2.07 bits per heavy atom. The van der Waals surface area contributed by atoms with Gasteiger partial charge < -0.3 is 5.11 Å². The third-order valence-electron chi connectivity index (χ3n) is 5.62. The minimum Gasteiger partial charge on any atom is -0.476 e. The van der Waals surface area contributed by atoms with E-state index in [-0.39, 0.29) is 28.5 Å². The zero-order chi connectivity index (χ0) is 21.3. The van der Waals surface area contributed by atoms with Crippen LogP contribution in [0.1, 0.15) is 41.4 Å². The lowest BCUT2D eigenvalue weighted by molar-refractivity contribution is -0.126. The molecule has 30 heavy (non-hydrogen) atoms. The van der Waals surface area contributed by atoms with Crippen molar-refractivity contribution in [1.82, 2.24) is 19.9 Å². The number of ketones is 1. The minimum absolute atomic E-state index is 0.0142. The molecule has 9 heteroatoms. The maximum absolute atomic E-state index is 14.6. The van der Waals surface area contributed by atoms with E-state index in [0.717, 1.165) is 24.8 Å². The lowest BCUT2D eigenvalue weighted by Crippen LogP contribution is -2.42. The molecule has 1 aromatic heterocycles. The van der Waals surface area contributed by atoms with E-state index in [4.69, 9.17) is 5.11 Å². The molecule has 4 rings (SSSR count). The maximum Gasteiger partial charge on any atom is 0.358 e. The van der Waals surface area contributed by atoms with Crippen LogP contribution in [0.4, 0.5) is 4.39 Å². The molecule has 1 aliphatic carbocycles. The summed E-state index contributed by atoms with van der Waals surface area (Å²) in [5, 5.41) is 16.4. The van der Waals surface area contributed by atoms with Gasteiger partial charge >= 0.3 is 5.97 Å². The number of hydrogen-bond acceptors (Lipinski definition) is 6. The van der Waals surface area contributed by atoms with Crippen LogP contribution in [-0.2, 0) is 11.3 Å². The van der Waals surface area contributed by atoms with Gasteiger partial charge in [0.05, 0.1) is 18.8 Å². The molecule has 2 atom stereocenters. The van der Waals surface area contributed by atoms with Crippen LogP contribution in [0.25, 0.3) is 0 Å². The Hall–Kier alpha value is -2.52. The number of thiol groups is 1. The number of aromatic nitrogens is 3. The van der Waals surface area contributed by atoms with Crippen LogP contribution < -0.4 is 0 Å². The summed E-state index contributed by atoms with van der Waals surface area (Å²) in [6.45, 7) is 1.49. The Balaban J connectivity index is 1.55. The van der Waals surface area contributed by atoms with E-state index < -0.39 is 12.0 Å². The van der Waals surface area contributed by atoms with Crippen molar-refractivity contribution < 1.29 is 19.1 Å². The molecule has 1 N–H and O–H groups in total. The van der Waals surface area contributed by atoms with Gasteiger partial charge in [-0.25, -0.2) is 13.9 Å². The second-order valence-electron chi connectivity index (χ2n) is 7.79. The van der Waals surface area contributed by atoms with Gasteiger partial charge in [-0.05, 0) is 30.9 Å². The lowest BCUT2D eigenvalue weighted by atomic mass is 9.93. The summed E-state index contributed by atoms with van der Waals surface area (Å²) >= 11 is 4.67. The number of hydrogen-bond donors (Lipinski definition) is 2. The molecule has 1 aromatic carbocycles. The van der Waals surface area contributed by atoms with Crippen molar-refractivity contribution in [3.8, 4) is 0 Å². The molecule has 2 aromatic rings. The van der Waals surface area contributed by atoms with Gasteiger partial charge in [-0.1, -0.05) is 29.5 Å². The molecule has 0 radical (unpaired) electrons. The summed E-state index contributed by atoms with van der Waals surface area (Å²) in [4.78, 5) is 26.1. The van der Waals surface area contributed by atoms with E-state index in [0.29, 0.717) is 25.2 Å². The number of rotatable bonds is 7. The van der Waals surface area contributed by atoms with Crippen LogP contribution in [0.15, 0.2) is 42.1 Å². The monoisotopic (exact) mass is 430 g/mol. The van der Waals surface area contributed by atoms with E-state index in [1.54, 1.807) is 18.2 Å². The summed E-state index contributed by atoms with van der Waals surface area (Å²) in [6, 6.07) is 5.88. The Bertz CT molecular complexity index is 988. The van der Waals surface area contributed by atoms with Gasteiger partial charge in [0, 0.05) is 29.8 Å². The van der Waals surface area contributed by atoms with Crippen molar-refractivity contribution in [2.24, 2.45) is 5.92 Å². The molecular weight excluding hydrogens is 407 g/mol. The average molecular weight is 431 g/mol. The van der Waals surface area contributed by atoms with E-state index in [1.807, 2.05) is 11.0 Å². The highest BCUT2D eigenvalue weighted by Gasteiger charge is 2.40. The molecule has 0 spiro atoms. The number of carboxylic acids is 1. The van der Waals surface area contributed by atoms with E-state index in [9.17, 15) is 14.0 Å². The lowest BCUT2D eigenvalue weighted by Gasteiger charge is -2.37. The van der Waals surface area contributed by atoms with Gasteiger partial charge in [0.25, 0.3) is 0 Å². The number of carbonyl (C=O) groups is 2. The van der Waals surface area contributed by atoms with Crippen molar-refractivity contribution in [1.29, 1.82) is 0 Å². The number of allylic oxidation sites excluding steroid dienone is 1. The van der Waals surface area contributed by atoms with Crippen molar-refractivity contribution in [3.05, 3.63) is 59.2 Å². The minimum atomic E-state index is -1.13. The number of likely N-dealkylation sites (tertiary alicyclic amines) is 1. The number of halogens is 1. The zero-order valence-corrected chi connectivity index (χ0v) is 17.2. The highest BCUT2D eigenvalue weighted by molar-refractivity contribution is 7.81. The largest absolute Gasteiger partial charge is 0.476 e. The van der Waals surface area contributed by atoms with E-state index in [2.05, 4.69) is 22.9 Å². The second-order valence-corrected chi connectivity index (χ2v) is 8.41. The average Bonchev–Trinajstić information content (AvgIpc) is 3.47. The third kappa shape index (κ3) is 4.46. The first-order valence-electron chi connectivity index (χ1n) is 9.96. The molecule has 1 saturated carbocycles. The number of carbonyl (C=O) groups excluding carboxylic acids is 1. The normalized spacial score (nSPS) is 22.2. The first kappa shape index (κ1) is 20.7. The number of benzene rings is 1. The molecule has 1 saturated heterocycles. The predicted molar refractivity (Wildman–Crippen MR) is 111 cm³/mol. The van der Waals surface area contributed by atoms with Crippen LogP contribution in [0.2, 0.25) is 0 Å². The van der Waals surface area contributed by atoms with Crippen molar-refractivity contribution in [2.75, 3.05) is 13.1 Å². The van der Waals surface area contributed by atoms with Gasteiger partial charge in [-0.15, -0.1) is 5.10 Å². The standard InChI is InChI=1S/C21H23FN4O3S/c22-16-4-2-1-3-15(16)19(20(27)13-5-6-13)25-9-8-18(30)14(11-25)7-10-26-12-17(21(28)29)23-24-26/h1-4,7,12-13,18-19,30H,5-6,8-11H2,(H,28,29)/b14-7-. The first-order chi connectivity index (χ1) is 14.4.